The Bertz CT molecular complexity index is 604. The van der Waals surface area contributed by atoms with E-state index in [0.717, 1.165) is 24.2 Å². The Kier molecular flexibility index (Phi) is 5.09. The van der Waals surface area contributed by atoms with Crippen molar-refractivity contribution < 1.29 is 9.50 Å². The average Bonchev–Trinajstić information content (AvgIpc) is 2.42. The molecule has 2 N–H and O–H groups in total. The van der Waals surface area contributed by atoms with Crippen LogP contribution in [0, 0.1) is 12.7 Å². The zero-order valence-electron chi connectivity index (χ0n) is 11.2. The van der Waals surface area contributed by atoms with Crippen LogP contribution in [0.5, 0.6) is 5.75 Å². The van der Waals surface area contributed by atoms with Crippen molar-refractivity contribution in [3.8, 4) is 5.75 Å². The van der Waals surface area contributed by atoms with Gasteiger partial charge in [-0.05, 0) is 65.6 Å². The molecule has 0 radical (unpaired) electrons. The maximum Gasteiger partial charge on any atom is 0.138 e. The summed E-state index contributed by atoms with van der Waals surface area (Å²) >= 11 is 3.17. The van der Waals surface area contributed by atoms with Crippen LogP contribution in [0.4, 0.5) is 4.39 Å². The Hall–Kier alpha value is -1.46. The Balaban J connectivity index is 1.84. The second-order valence-corrected chi connectivity index (χ2v) is 5.45. The second kappa shape index (κ2) is 6.81. The van der Waals surface area contributed by atoms with Gasteiger partial charge in [-0.15, -0.1) is 0 Å². The summed E-state index contributed by atoms with van der Waals surface area (Å²) in [6, 6.07) is 8.42. The first kappa shape index (κ1) is 14.9. The third kappa shape index (κ3) is 4.02. The number of hydrogen-bond donors (Lipinski definition) is 2. The zero-order chi connectivity index (χ0) is 14.5. The van der Waals surface area contributed by atoms with Gasteiger partial charge in [-0.2, -0.15) is 0 Å². The van der Waals surface area contributed by atoms with Gasteiger partial charge in [0.15, 0.2) is 0 Å². The Morgan fingerprint density at radius 2 is 2.10 bits per heavy atom. The van der Waals surface area contributed by atoms with E-state index in [9.17, 15) is 9.50 Å². The summed E-state index contributed by atoms with van der Waals surface area (Å²) < 4.78 is 13.6. The molecule has 3 nitrogen and oxygen atoms in total. The van der Waals surface area contributed by atoms with Crippen LogP contribution in [0.1, 0.15) is 17.0 Å². The number of nitrogens with zero attached hydrogens (tertiary/aromatic N) is 1. The summed E-state index contributed by atoms with van der Waals surface area (Å²) in [6.45, 7) is 3.13. The molecule has 0 bridgehead atoms. The summed E-state index contributed by atoms with van der Waals surface area (Å²) in [5.41, 5.74) is 2.57. The lowest BCUT2D eigenvalue weighted by Gasteiger charge is -2.07. The van der Waals surface area contributed by atoms with Crippen LogP contribution in [0.15, 0.2) is 34.8 Å². The molecule has 0 spiro atoms. The second-order valence-electron chi connectivity index (χ2n) is 4.59. The first-order valence-electron chi connectivity index (χ1n) is 6.36. The molecule has 0 aliphatic heterocycles. The van der Waals surface area contributed by atoms with E-state index in [-0.39, 0.29) is 11.6 Å². The van der Waals surface area contributed by atoms with Crippen molar-refractivity contribution in [2.45, 2.75) is 19.9 Å². The molecule has 20 heavy (non-hydrogen) atoms. The molecule has 1 heterocycles. The topological polar surface area (TPSA) is 45.1 Å². The highest BCUT2D eigenvalue weighted by Crippen LogP contribution is 2.17. The van der Waals surface area contributed by atoms with Gasteiger partial charge in [0.25, 0.3) is 0 Å². The summed E-state index contributed by atoms with van der Waals surface area (Å²) in [4.78, 5) is 4.27. The van der Waals surface area contributed by atoms with Crippen LogP contribution in [-0.4, -0.2) is 16.6 Å². The number of aryl methyl sites for hydroxylation is 1. The molecular weight excluding hydrogens is 323 g/mol. The minimum atomic E-state index is -0.254. The first-order valence-corrected chi connectivity index (χ1v) is 7.15. The van der Waals surface area contributed by atoms with Crippen molar-refractivity contribution in [2.75, 3.05) is 6.54 Å². The molecule has 1 aromatic heterocycles. The molecule has 0 aliphatic rings. The Labute approximate surface area is 126 Å². The van der Waals surface area contributed by atoms with E-state index in [1.165, 1.54) is 6.07 Å². The van der Waals surface area contributed by atoms with Crippen LogP contribution < -0.4 is 5.32 Å². The van der Waals surface area contributed by atoms with Crippen molar-refractivity contribution in [2.24, 2.45) is 0 Å². The molecule has 0 amide bonds. The highest BCUT2D eigenvalue weighted by molar-refractivity contribution is 9.10. The SMILES string of the molecule is Cc1ccc(O)c(CNCCc2ccc(F)c(Br)c2)n1. The molecular formula is C15H16BrFN2O. The van der Waals surface area contributed by atoms with Gasteiger partial charge >= 0.3 is 0 Å². The van der Waals surface area contributed by atoms with E-state index in [0.29, 0.717) is 16.7 Å². The third-order valence-corrected chi connectivity index (χ3v) is 3.56. The molecule has 0 saturated heterocycles. The molecule has 0 saturated carbocycles. The van der Waals surface area contributed by atoms with Crippen LogP contribution in [0.3, 0.4) is 0 Å². The molecule has 1 aromatic carbocycles. The predicted molar refractivity (Wildman–Crippen MR) is 80.1 cm³/mol. The van der Waals surface area contributed by atoms with Crippen molar-refractivity contribution in [1.82, 2.24) is 10.3 Å². The predicted octanol–water partition coefficient (Wildman–Crippen LogP) is 3.33. The molecule has 0 aliphatic carbocycles. The van der Waals surface area contributed by atoms with Gasteiger partial charge in [-0.3, -0.25) is 4.98 Å². The van der Waals surface area contributed by atoms with E-state index < -0.39 is 0 Å². The molecule has 5 heteroatoms. The maximum atomic E-state index is 13.1. The van der Waals surface area contributed by atoms with Gasteiger partial charge < -0.3 is 10.4 Å². The minimum absolute atomic E-state index is 0.202. The van der Waals surface area contributed by atoms with Crippen LogP contribution >= 0.6 is 15.9 Å². The first-order chi connectivity index (χ1) is 9.56. The van der Waals surface area contributed by atoms with Gasteiger partial charge in [0.2, 0.25) is 0 Å². The summed E-state index contributed by atoms with van der Waals surface area (Å²) in [5.74, 6) is -0.0526. The van der Waals surface area contributed by atoms with Gasteiger partial charge in [-0.1, -0.05) is 6.07 Å². The lowest BCUT2D eigenvalue weighted by Crippen LogP contribution is -2.17. The average molecular weight is 339 g/mol. The number of aromatic nitrogens is 1. The fraction of sp³-hybridized carbons (Fsp3) is 0.267. The van der Waals surface area contributed by atoms with E-state index in [4.69, 9.17) is 0 Å². The molecule has 0 atom stereocenters. The zero-order valence-corrected chi connectivity index (χ0v) is 12.7. The van der Waals surface area contributed by atoms with Crippen molar-refractivity contribution >= 4 is 15.9 Å². The highest BCUT2D eigenvalue weighted by Gasteiger charge is 2.03. The Morgan fingerprint density at radius 3 is 2.85 bits per heavy atom. The Morgan fingerprint density at radius 1 is 1.30 bits per heavy atom. The molecule has 2 aromatic rings. The monoisotopic (exact) mass is 338 g/mol. The van der Waals surface area contributed by atoms with E-state index in [2.05, 4.69) is 26.2 Å². The standard InChI is InChI=1S/C15H16BrFN2O/c1-10-2-5-15(20)14(19-10)9-18-7-6-11-3-4-13(17)12(16)8-11/h2-5,8,18,20H,6-7,9H2,1H3. The van der Waals surface area contributed by atoms with Crippen molar-refractivity contribution in [3.63, 3.8) is 0 Å². The van der Waals surface area contributed by atoms with E-state index in [1.54, 1.807) is 24.3 Å². The van der Waals surface area contributed by atoms with E-state index >= 15 is 0 Å². The summed E-state index contributed by atoms with van der Waals surface area (Å²) in [7, 11) is 0. The fourth-order valence-electron chi connectivity index (χ4n) is 1.87. The summed E-state index contributed by atoms with van der Waals surface area (Å²) in [5, 5.41) is 12.9. The van der Waals surface area contributed by atoms with Gasteiger partial charge in [0.05, 0.1) is 10.2 Å². The smallest absolute Gasteiger partial charge is 0.138 e. The number of hydrogen-bond acceptors (Lipinski definition) is 3. The minimum Gasteiger partial charge on any atom is -0.506 e. The number of benzene rings is 1. The quantitative estimate of drug-likeness (QED) is 0.822. The van der Waals surface area contributed by atoms with Gasteiger partial charge in [0, 0.05) is 12.2 Å². The third-order valence-electron chi connectivity index (χ3n) is 2.96. The van der Waals surface area contributed by atoms with Crippen molar-refractivity contribution in [3.05, 3.63) is 57.6 Å². The van der Waals surface area contributed by atoms with Crippen LogP contribution in [0.2, 0.25) is 0 Å². The van der Waals surface area contributed by atoms with Crippen LogP contribution in [-0.2, 0) is 13.0 Å². The number of nitrogens with one attached hydrogen (secondary N) is 1. The van der Waals surface area contributed by atoms with Gasteiger partial charge in [0.1, 0.15) is 11.6 Å². The largest absolute Gasteiger partial charge is 0.506 e. The number of rotatable bonds is 5. The molecule has 2 rings (SSSR count). The number of pyridine rings is 1. The lowest BCUT2D eigenvalue weighted by atomic mass is 10.1. The highest BCUT2D eigenvalue weighted by atomic mass is 79.9. The van der Waals surface area contributed by atoms with E-state index in [1.807, 2.05) is 6.92 Å². The molecule has 0 unspecified atom stereocenters. The lowest BCUT2D eigenvalue weighted by molar-refractivity contribution is 0.459. The van der Waals surface area contributed by atoms with Crippen LogP contribution in [0.25, 0.3) is 0 Å². The fourth-order valence-corrected chi connectivity index (χ4v) is 2.29. The maximum absolute atomic E-state index is 13.1. The van der Waals surface area contributed by atoms with Gasteiger partial charge in [-0.25, -0.2) is 4.39 Å². The number of aromatic hydroxyl groups is 1. The molecule has 0 fully saturated rings. The number of halogens is 2. The summed E-state index contributed by atoms with van der Waals surface area (Å²) in [6.07, 6.45) is 0.783. The molecule has 106 valence electrons. The van der Waals surface area contributed by atoms with Crippen molar-refractivity contribution in [1.29, 1.82) is 0 Å². The normalized spacial score (nSPS) is 10.8.